The molecule has 0 aliphatic heterocycles. The number of likely N-dealkylation sites (N-methyl/N-ethyl adjacent to an activating group) is 1. The van der Waals surface area contributed by atoms with Crippen LogP contribution in [0.15, 0.2) is 83.8 Å². The smallest absolute Gasteiger partial charge is 0.264 e. The van der Waals surface area contributed by atoms with E-state index in [0.29, 0.717) is 23.4 Å². The molecule has 0 aliphatic rings. The van der Waals surface area contributed by atoms with Gasteiger partial charge in [-0.2, -0.15) is 0 Å². The van der Waals surface area contributed by atoms with Gasteiger partial charge in [0.2, 0.25) is 11.8 Å². The molecule has 1 N–H and O–H groups in total. The maximum Gasteiger partial charge on any atom is 0.264 e. The highest BCUT2D eigenvalue weighted by atomic mass is 32.2. The maximum atomic E-state index is 13.9. The number of ether oxygens (including phenoxy) is 1. The predicted molar refractivity (Wildman–Crippen MR) is 144 cm³/mol. The van der Waals surface area contributed by atoms with E-state index in [1.807, 2.05) is 25.1 Å². The Hall–Kier alpha value is -3.85. The lowest BCUT2D eigenvalue weighted by Crippen LogP contribution is -2.51. The number of aryl methyl sites for hydroxylation is 1. The largest absolute Gasteiger partial charge is 0.497 e. The first kappa shape index (κ1) is 27.7. The number of carbonyl (C=O) groups excluding carboxylic acids is 2. The van der Waals surface area contributed by atoms with Crippen molar-refractivity contribution in [1.82, 2.24) is 10.2 Å². The van der Waals surface area contributed by atoms with E-state index in [2.05, 4.69) is 5.32 Å². The van der Waals surface area contributed by atoms with Crippen molar-refractivity contribution in [2.75, 3.05) is 25.0 Å². The molecule has 8 nitrogen and oxygen atoms in total. The third kappa shape index (κ3) is 6.48. The molecule has 3 aromatic rings. The second-order valence-corrected chi connectivity index (χ2v) is 10.4. The van der Waals surface area contributed by atoms with Gasteiger partial charge >= 0.3 is 0 Å². The van der Waals surface area contributed by atoms with E-state index in [-0.39, 0.29) is 17.3 Å². The normalized spacial score (nSPS) is 11.9. The van der Waals surface area contributed by atoms with E-state index in [1.54, 1.807) is 62.6 Å². The number of hydrogen-bond acceptors (Lipinski definition) is 5. The van der Waals surface area contributed by atoms with E-state index in [0.717, 1.165) is 9.87 Å². The Morgan fingerprint density at radius 2 is 1.57 bits per heavy atom. The molecule has 0 saturated carbocycles. The maximum absolute atomic E-state index is 13.9. The second kappa shape index (κ2) is 12.4. The summed E-state index contributed by atoms with van der Waals surface area (Å²) in [6.07, 6.45) is 0.359. The highest BCUT2D eigenvalue weighted by Crippen LogP contribution is 2.27. The summed E-state index contributed by atoms with van der Waals surface area (Å²) < 4.78 is 33.9. The number of carbonyl (C=O) groups is 2. The number of amides is 2. The van der Waals surface area contributed by atoms with Gasteiger partial charge in [0, 0.05) is 13.6 Å². The molecule has 37 heavy (non-hydrogen) atoms. The number of benzene rings is 3. The summed E-state index contributed by atoms with van der Waals surface area (Å²) in [6.45, 7) is 3.27. The molecular weight excluding hydrogens is 490 g/mol. The fourth-order valence-electron chi connectivity index (χ4n) is 4.09. The van der Waals surface area contributed by atoms with E-state index in [9.17, 15) is 18.0 Å². The molecule has 9 heteroatoms. The number of sulfonamides is 1. The van der Waals surface area contributed by atoms with Crippen molar-refractivity contribution in [3.8, 4) is 5.75 Å². The van der Waals surface area contributed by atoms with Gasteiger partial charge in [0.15, 0.2) is 0 Å². The number of anilines is 1. The Labute approximate surface area is 218 Å². The van der Waals surface area contributed by atoms with Crippen molar-refractivity contribution in [1.29, 1.82) is 0 Å². The van der Waals surface area contributed by atoms with Crippen LogP contribution in [0, 0.1) is 6.92 Å². The first-order valence-corrected chi connectivity index (χ1v) is 13.4. The lowest BCUT2D eigenvalue weighted by Gasteiger charge is -2.33. The quantitative estimate of drug-likeness (QED) is 0.413. The number of para-hydroxylation sites is 1. The fraction of sp³-hybridized carbons (Fsp3) is 0.286. The van der Waals surface area contributed by atoms with Crippen LogP contribution in [-0.2, 0) is 26.2 Å². The van der Waals surface area contributed by atoms with Crippen LogP contribution >= 0.6 is 0 Å². The summed E-state index contributed by atoms with van der Waals surface area (Å²) in [6, 6.07) is 21.4. The summed E-state index contributed by atoms with van der Waals surface area (Å²) in [4.78, 5) is 28.1. The van der Waals surface area contributed by atoms with Crippen molar-refractivity contribution in [3.63, 3.8) is 0 Å². The van der Waals surface area contributed by atoms with Crippen LogP contribution in [-0.4, -0.2) is 51.9 Å². The zero-order chi connectivity index (χ0) is 27.0. The number of nitrogens with zero attached hydrogens (tertiary/aromatic N) is 2. The first-order valence-electron chi connectivity index (χ1n) is 12.0. The topological polar surface area (TPSA) is 96.0 Å². The molecule has 0 radical (unpaired) electrons. The molecule has 0 fully saturated rings. The zero-order valence-corrected chi connectivity index (χ0v) is 22.4. The number of rotatable bonds is 11. The minimum absolute atomic E-state index is 0.0751. The summed E-state index contributed by atoms with van der Waals surface area (Å²) in [7, 11) is -0.996. The lowest BCUT2D eigenvalue weighted by molar-refractivity contribution is -0.140. The average molecular weight is 524 g/mol. The van der Waals surface area contributed by atoms with Gasteiger partial charge in [0.05, 0.1) is 17.7 Å². The van der Waals surface area contributed by atoms with Crippen LogP contribution in [0.3, 0.4) is 0 Å². The highest BCUT2D eigenvalue weighted by molar-refractivity contribution is 7.92. The summed E-state index contributed by atoms with van der Waals surface area (Å²) >= 11 is 0. The van der Waals surface area contributed by atoms with Crippen LogP contribution in [0.1, 0.15) is 24.5 Å². The molecule has 1 unspecified atom stereocenters. The molecule has 2 amide bonds. The number of methoxy groups -OCH3 is 1. The molecule has 0 saturated heterocycles. The van der Waals surface area contributed by atoms with Gasteiger partial charge in [-0.1, -0.05) is 55.5 Å². The number of hydrogen-bond donors (Lipinski definition) is 1. The minimum Gasteiger partial charge on any atom is -0.497 e. The van der Waals surface area contributed by atoms with E-state index >= 15 is 0 Å². The molecule has 0 aromatic heterocycles. The molecule has 0 aliphatic carbocycles. The monoisotopic (exact) mass is 523 g/mol. The highest BCUT2D eigenvalue weighted by Gasteiger charge is 2.33. The van der Waals surface area contributed by atoms with Gasteiger partial charge in [0.1, 0.15) is 18.3 Å². The summed E-state index contributed by atoms with van der Waals surface area (Å²) in [5.74, 6) is -0.147. The summed E-state index contributed by atoms with van der Waals surface area (Å²) in [5.41, 5.74) is 1.89. The lowest BCUT2D eigenvalue weighted by atomic mass is 10.1. The fourth-order valence-corrected chi connectivity index (χ4v) is 5.59. The molecule has 0 bridgehead atoms. The molecule has 3 aromatic carbocycles. The Morgan fingerprint density at radius 1 is 0.946 bits per heavy atom. The Morgan fingerprint density at radius 3 is 2.14 bits per heavy atom. The minimum atomic E-state index is -4.08. The average Bonchev–Trinajstić information content (AvgIpc) is 2.92. The molecule has 1 atom stereocenters. The summed E-state index contributed by atoms with van der Waals surface area (Å²) in [5, 5.41) is 2.62. The van der Waals surface area contributed by atoms with Crippen LogP contribution in [0.5, 0.6) is 5.75 Å². The van der Waals surface area contributed by atoms with Crippen molar-refractivity contribution in [2.24, 2.45) is 0 Å². The van der Waals surface area contributed by atoms with Crippen molar-refractivity contribution >= 4 is 27.5 Å². The third-order valence-electron chi connectivity index (χ3n) is 6.14. The van der Waals surface area contributed by atoms with E-state index < -0.39 is 28.5 Å². The first-order chi connectivity index (χ1) is 17.7. The van der Waals surface area contributed by atoms with Crippen LogP contribution in [0.4, 0.5) is 5.69 Å². The number of nitrogens with one attached hydrogen (secondary N) is 1. The second-order valence-electron chi connectivity index (χ2n) is 8.52. The standard InChI is InChI=1S/C28H33N3O5S/c1-5-25(28(33)29-3)30(19-22-15-17-23(36-4)18-16-22)27(32)20-31(26-14-10-9-11-21(26)2)37(34,35)24-12-7-6-8-13-24/h6-18,25H,5,19-20H2,1-4H3,(H,29,33). The van der Waals surface area contributed by atoms with Gasteiger partial charge in [-0.05, 0) is 54.8 Å². The van der Waals surface area contributed by atoms with Gasteiger partial charge < -0.3 is 15.0 Å². The van der Waals surface area contributed by atoms with Crippen LogP contribution in [0.25, 0.3) is 0 Å². The van der Waals surface area contributed by atoms with Crippen molar-refractivity contribution in [3.05, 3.63) is 90.0 Å². The van der Waals surface area contributed by atoms with E-state index in [4.69, 9.17) is 4.74 Å². The van der Waals surface area contributed by atoms with Crippen molar-refractivity contribution < 1.29 is 22.7 Å². The Balaban J connectivity index is 2.05. The van der Waals surface area contributed by atoms with Gasteiger partial charge in [-0.3, -0.25) is 13.9 Å². The molecule has 0 spiro atoms. The Kier molecular flexibility index (Phi) is 9.30. The zero-order valence-electron chi connectivity index (χ0n) is 21.5. The predicted octanol–water partition coefficient (Wildman–Crippen LogP) is 3.75. The SMILES string of the molecule is CCC(C(=O)NC)N(Cc1ccc(OC)cc1)C(=O)CN(c1ccccc1C)S(=O)(=O)c1ccccc1. The van der Waals surface area contributed by atoms with Gasteiger partial charge in [-0.15, -0.1) is 0 Å². The molecular formula is C28H33N3O5S. The van der Waals surface area contributed by atoms with Crippen molar-refractivity contribution in [2.45, 2.75) is 37.8 Å². The van der Waals surface area contributed by atoms with Crippen LogP contribution < -0.4 is 14.4 Å². The third-order valence-corrected chi connectivity index (χ3v) is 7.91. The van der Waals surface area contributed by atoms with Gasteiger partial charge in [-0.25, -0.2) is 8.42 Å². The van der Waals surface area contributed by atoms with Crippen LogP contribution in [0.2, 0.25) is 0 Å². The van der Waals surface area contributed by atoms with E-state index in [1.165, 1.54) is 24.1 Å². The van der Waals surface area contributed by atoms with Gasteiger partial charge in [0.25, 0.3) is 10.0 Å². The molecule has 196 valence electrons. The molecule has 0 heterocycles. The Bertz CT molecular complexity index is 1310. The molecule has 3 rings (SSSR count).